The molecule has 1 aliphatic heterocycles. The molecule has 1 aromatic heterocycles. The van der Waals surface area contributed by atoms with Crippen molar-refractivity contribution in [1.82, 2.24) is 9.97 Å². The predicted octanol–water partition coefficient (Wildman–Crippen LogP) is 6.31. The fourth-order valence-electron chi connectivity index (χ4n) is 3.49. The SMILES string of the molecule is CNc1ccccc1.COc1ccc(N2Cc3cncnc3N(c3ccccc3)C2=O)cc1.CSO. The first kappa shape index (κ1) is 26.5. The lowest BCUT2D eigenvalue weighted by Crippen LogP contribution is -2.45. The Morgan fingerprint density at radius 3 is 2.11 bits per heavy atom. The van der Waals surface area contributed by atoms with Crippen molar-refractivity contribution in [3.63, 3.8) is 0 Å². The molecule has 5 rings (SSSR count). The highest BCUT2D eigenvalue weighted by molar-refractivity contribution is 7.93. The van der Waals surface area contributed by atoms with Gasteiger partial charge in [0.05, 0.1) is 19.3 Å². The van der Waals surface area contributed by atoms with Gasteiger partial charge in [0.15, 0.2) is 0 Å². The summed E-state index contributed by atoms with van der Waals surface area (Å²) in [5.41, 5.74) is 3.61. The van der Waals surface area contributed by atoms with Crippen LogP contribution in [0.2, 0.25) is 0 Å². The number of aromatic nitrogens is 2. The number of fused-ring (bicyclic) bond motifs is 1. The van der Waals surface area contributed by atoms with E-state index in [1.807, 2.05) is 92.0 Å². The molecule has 0 saturated heterocycles. The number of carbonyl (C=O) groups excluding carboxylic acids is 1. The third-order valence-electron chi connectivity index (χ3n) is 5.19. The number of carbonyl (C=O) groups is 1. The van der Waals surface area contributed by atoms with Crippen LogP contribution in [-0.4, -0.2) is 41.0 Å². The summed E-state index contributed by atoms with van der Waals surface area (Å²) >= 11 is 0.750. The molecule has 0 fully saturated rings. The second-order valence-corrected chi connectivity index (χ2v) is 7.77. The van der Waals surface area contributed by atoms with Gasteiger partial charge in [-0.15, -0.1) is 0 Å². The molecule has 1 aliphatic rings. The molecular weight excluding hydrogens is 474 g/mol. The Bertz CT molecular complexity index is 1210. The van der Waals surface area contributed by atoms with E-state index in [2.05, 4.69) is 15.3 Å². The zero-order chi connectivity index (χ0) is 25.8. The molecule has 36 heavy (non-hydrogen) atoms. The topological polar surface area (TPSA) is 90.8 Å². The number of methoxy groups -OCH3 is 1. The van der Waals surface area contributed by atoms with Crippen LogP contribution in [0.25, 0.3) is 0 Å². The molecule has 9 heteroatoms. The molecule has 2 amide bonds. The fourth-order valence-corrected chi connectivity index (χ4v) is 3.49. The summed E-state index contributed by atoms with van der Waals surface area (Å²) in [4.78, 5) is 25.0. The minimum atomic E-state index is -0.150. The minimum Gasteiger partial charge on any atom is -0.497 e. The van der Waals surface area contributed by atoms with Crippen molar-refractivity contribution in [2.24, 2.45) is 0 Å². The lowest BCUT2D eigenvalue weighted by Gasteiger charge is -2.35. The van der Waals surface area contributed by atoms with Crippen LogP contribution in [0.5, 0.6) is 5.75 Å². The molecular formula is C27H29N5O3S. The van der Waals surface area contributed by atoms with Gasteiger partial charge in [0, 0.05) is 36.4 Å². The Labute approximate surface area is 215 Å². The van der Waals surface area contributed by atoms with Gasteiger partial charge in [-0.05, 0) is 60.6 Å². The maximum Gasteiger partial charge on any atom is 0.335 e. The number of amides is 2. The number of hydrogen-bond acceptors (Lipinski definition) is 7. The standard InChI is InChI=1S/C19H16N4O2.C7H9N.CH4OS/c1-25-17-9-7-15(8-10-17)22-12-14-11-20-13-21-18(14)23(19(22)24)16-5-3-2-4-6-16;1-8-7-5-3-2-4-6-7;1-3-2/h2-11,13H,12H2,1H3;2-6,8H,1H3;2H,1H3. The van der Waals surface area contributed by atoms with E-state index < -0.39 is 0 Å². The van der Waals surface area contributed by atoms with E-state index in [4.69, 9.17) is 9.29 Å². The Morgan fingerprint density at radius 1 is 0.944 bits per heavy atom. The lowest BCUT2D eigenvalue weighted by atomic mass is 10.1. The second kappa shape index (κ2) is 13.7. The molecule has 2 heterocycles. The van der Waals surface area contributed by atoms with Gasteiger partial charge in [0.25, 0.3) is 0 Å². The molecule has 0 aliphatic carbocycles. The van der Waals surface area contributed by atoms with Gasteiger partial charge < -0.3 is 14.6 Å². The van der Waals surface area contributed by atoms with Crippen molar-refractivity contribution in [3.8, 4) is 5.75 Å². The number of nitrogens with one attached hydrogen (secondary N) is 1. The van der Waals surface area contributed by atoms with Crippen molar-refractivity contribution < 1.29 is 14.1 Å². The van der Waals surface area contributed by atoms with Gasteiger partial charge >= 0.3 is 6.03 Å². The van der Waals surface area contributed by atoms with E-state index >= 15 is 0 Å². The number of urea groups is 1. The fraction of sp³-hybridized carbons (Fsp3) is 0.148. The van der Waals surface area contributed by atoms with E-state index in [1.54, 1.807) is 29.4 Å². The highest BCUT2D eigenvalue weighted by Crippen LogP contribution is 2.35. The first-order chi connectivity index (χ1) is 17.6. The summed E-state index contributed by atoms with van der Waals surface area (Å²) in [6, 6.07) is 26.8. The summed E-state index contributed by atoms with van der Waals surface area (Å²) in [6.45, 7) is 0.421. The van der Waals surface area contributed by atoms with Gasteiger partial charge in [0.2, 0.25) is 0 Å². The minimum absolute atomic E-state index is 0.150. The third kappa shape index (κ3) is 6.74. The van der Waals surface area contributed by atoms with Crippen molar-refractivity contribution in [2.45, 2.75) is 6.54 Å². The van der Waals surface area contributed by atoms with Crippen molar-refractivity contribution in [1.29, 1.82) is 0 Å². The van der Waals surface area contributed by atoms with E-state index in [9.17, 15) is 4.79 Å². The number of anilines is 4. The zero-order valence-corrected chi connectivity index (χ0v) is 21.2. The molecule has 0 saturated carbocycles. The zero-order valence-electron chi connectivity index (χ0n) is 20.4. The second-order valence-electron chi connectivity index (χ2n) is 7.41. The molecule has 4 aromatic rings. The normalized spacial score (nSPS) is 11.8. The summed E-state index contributed by atoms with van der Waals surface area (Å²) in [5, 5.41) is 3.03. The Morgan fingerprint density at radius 2 is 1.56 bits per heavy atom. The average Bonchev–Trinajstić information content (AvgIpc) is 2.94. The summed E-state index contributed by atoms with van der Waals surface area (Å²) in [6.07, 6.45) is 4.81. The molecule has 186 valence electrons. The molecule has 0 bridgehead atoms. The summed E-state index contributed by atoms with van der Waals surface area (Å²) in [5.74, 6) is 1.37. The largest absolute Gasteiger partial charge is 0.497 e. The van der Waals surface area contributed by atoms with Crippen LogP contribution in [0, 0.1) is 0 Å². The van der Waals surface area contributed by atoms with E-state index in [1.165, 1.54) is 6.33 Å². The lowest BCUT2D eigenvalue weighted by molar-refractivity contribution is 0.252. The molecule has 0 radical (unpaired) electrons. The van der Waals surface area contributed by atoms with Crippen molar-refractivity contribution >= 4 is 41.0 Å². The Kier molecular flexibility index (Phi) is 10.1. The number of nitrogens with zero attached hydrogens (tertiary/aromatic N) is 4. The molecule has 0 spiro atoms. The van der Waals surface area contributed by atoms with Crippen molar-refractivity contribution in [3.05, 3.63) is 103 Å². The number of rotatable bonds is 4. The predicted molar refractivity (Wildman–Crippen MR) is 147 cm³/mol. The first-order valence-corrected chi connectivity index (χ1v) is 12.3. The number of para-hydroxylation sites is 2. The highest BCUT2D eigenvalue weighted by Gasteiger charge is 2.33. The molecule has 8 nitrogen and oxygen atoms in total. The van der Waals surface area contributed by atoms with E-state index in [-0.39, 0.29) is 6.03 Å². The van der Waals surface area contributed by atoms with Crippen LogP contribution in [0.15, 0.2) is 97.5 Å². The number of ether oxygens (including phenoxy) is 1. The molecule has 2 N–H and O–H groups in total. The van der Waals surface area contributed by atoms with Gasteiger partial charge in [-0.3, -0.25) is 4.90 Å². The summed E-state index contributed by atoms with van der Waals surface area (Å²) < 4.78 is 12.7. The smallest absolute Gasteiger partial charge is 0.335 e. The van der Waals surface area contributed by atoms with Crippen LogP contribution in [-0.2, 0) is 6.54 Å². The summed E-state index contributed by atoms with van der Waals surface area (Å²) in [7, 11) is 3.53. The van der Waals surface area contributed by atoms with Gasteiger partial charge in [-0.25, -0.2) is 19.7 Å². The third-order valence-corrected chi connectivity index (χ3v) is 5.19. The van der Waals surface area contributed by atoms with Crippen molar-refractivity contribution in [2.75, 3.05) is 35.5 Å². The van der Waals surface area contributed by atoms with Gasteiger partial charge in [0.1, 0.15) is 17.9 Å². The average molecular weight is 504 g/mol. The maximum absolute atomic E-state index is 13.2. The maximum atomic E-state index is 13.2. The van der Waals surface area contributed by atoms with Gasteiger partial charge in [-0.2, -0.15) is 0 Å². The van der Waals surface area contributed by atoms with Crippen LogP contribution in [0.4, 0.5) is 27.7 Å². The van der Waals surface area contributed by atoms with Crippen LogP contribution in [0.3, 0.4) is 0 Å². The van der Waals surface area contributed by atoms with Crippen LogP contribution >= 0.6 is 12.0 Å². The first-order valence-electron chi connectivity index (χ1n) is 11.1. The molecule has 3 aromatic carbocycles. The highest BCUT2D eigenvalue weighted by atomic mass is 32.2. The number of hydrogen-bond donors (Lipinski definition) is 2. The monoisotopic (exact) mass is 503 g/mol. The van der Waals surface area contributed by atoms with Crippen LogP contribution < -0.4 is 19.9 Å². The number of benzene rings is 3. The van der Waals surface area contributed by atoms with E-state index in [0.29, 0.717) is 12.4 Å². The molecule has 0 unspecified atom stereocenters. The Balaban J connectivity index is 0.000000275. The Hall–Kier alpha value is -4.08. The van der Waals surface area contributed by atoms with E-state index in [0.717, 1.165) is 40.4 Å². The quantitative estimate of drug-likeness (QED) is 0.315. The van der Waals surface area contributed by atoms with Gasteiger partial charge in [-0.1, -0.05) is 36.4 Å². The van der Waals surface area contributed by atoms with Crippen LogP contribution in [0.1, 0.15) is 5.56 Å². The molecule has 0 atom stereocenters.